The Hall–Kier alpha value is -1.69. The number of carbonyl (C=O) groups is 1. The van der Waals surface area contributed by atoms with E-state index in [0.717, 1.165) is 44.0 Å². The minimum atomic E-state index is -0.468. The minimum absolute atomic E-state index is 0.300. The van der Waals surface area contributed by atoms with E-state index < -0.39 is 5.54 Å². The summed E-state index contributed by atoms with van der Waals surface area (Å²) in [5.74, 6) is 0.300. The van der Waals surface area contributed by atoms with Crippen LogP contribution in [0.2, 0.25) is 0 Å². The molecule has 1 atom stereocenters. The molecule has 0 spiro atoms. The Kier molecular flexibility index (Phi) is 6.68. The van der Waals surface area contributed by atoms with Crippen LogP contribution in [0, 0.1) is 0 Å². The molecule has 5 heteroatoms. The highest BCUT2D eigenvalue weighted by atomic mass is 32.1. The molecule has 146 valence electrons. The molecule has 3 rings (SSSR count). The average Bonchev–Trinajstić information content (AvgIpc) is 3.16. The second kappa shape index (κ2) is 9.00. The zero-order valence-electron chi connectivity index (χ0n) is 16.6. The van der Waals surface area contributed by atoms with Crippen LogP contribution in [0.15, 0.2) is 41.8 Å². The van der Waals surface area contributed by atoms with Gasteiger partial charge >= 0.3 is 0 Å². The molecule has 27 heavy (non-hydrogen) atoms. The highest BCUT2D eigenvalue weighted by Crippen LogP contribution is 2.29. The third kappa shape index (κ3) is 4.60. The molecule has 4 nitrogen and oxygen atoms in total. The van der Waals surface area contributed by atoms with Crippen molar-refractivity contribution in [2.45, 2.75) is 31.7 Å². The van der Waals surface area contributed by atoms with Crippen LogP contribution in [0.4, 0.5) is 5.69 Å². The fraction of sp³-hybridized carbons (Fsp3) is 0.500. The van der Waals surface area contributed by atoms with E-state index in [9.17, 15) is 4.79 Å². The Morgan fingerprint density at radius 3 is 2.56 bits per heavy atom. The monoisotopic (exact) mass is 386 g/mol. The maximum atomic E-state index is 13.4. The number of benzene rings is 1. The molecule has 1 aromatic heterocycles. The second-order valence-electron chi connectivity index (χ2n) is 7.41. The highest BCUT2D eigenvalue weighted by Gasteiger charge is 2.38. The van der Waals surface area contributed by atoms with E-state index in [4.69, 9.17) is 4.74 Å². The van der Waals surface area contributed by atoms with Crippen molar-refractivity contribution in [2.75, 3.05) is 45.3 Å². The molecule has 0 radical (unpaired) electrons. The lowest BCUT2D eigenvalue weighted by Crippen LogP contribution is -2.53. The van der Waals surface area contributed by atoms with Crippen LogP contribution in [0.1, 0.15) is 23.8 Å². The lowest BCUT2D eigenvalue weighted by molar-refractivity contribution is -0.129. The first kappa shape index (κ1) is 20.1. The number of Topliss-reactive ketones (excluding diaryl/α,β-unsaturated/α-hetero) is 1. The van der Waals surface area contributed by atoms with E-state index >= 15 is 0 Å². The third-order valence-corrected chi connectivity index (χ3v) is 6.57. The molecule has 2 heterocycles. The number of hydrogen-bond acceptors (Lipinski definition) is 5. The number of thiophene rings is 1. The first-order valence-electron chi connectivity index (χ1n) is 9.70. The number of ketones is 1. The van der Waals surface area contributed by atoms with E-state index in [1.807, 2.05) is 32.3 Å². The standard InChI is InChI=1S/C22H30N2O2S/c1-4-22(23(2)3,16-18-8-6-5-7-9-18)21(25)15-20-14-19(17-27-20)24-10-12-26-13-11-24/h5-9,14,17H,4,10-13,15-16H2,1-3H3. The van der Waals surface area contributed by atoms with Crippen molar-refractivity contribution < 1.29 is 9.53 Å². The van der Waals surface area contributed by atoms with Crippen molar-refractivity contribution in [2.24, 2.45) is 0 Å². The maximum Gasteiger partial charge on any atom is 0.158 e. The normalized spacial score (nSPS) is 17.1. The molecule has 0 bridgehead atoms. The summed E-state index contributed by atoms with van der Waals surface area (Å²) < 4.78 is 5.44. The van der Waals surface area contributed by atoms with Gasteiger partial charge in [0, 0.05) is 35.5 Å². The smallest absolute Gasteiger partial charge is 0.158 e. The second-order valence-corrected chi connectivity index (χ2v) is 8.41. The quantitative estimate of drug-likeness (QED) is 0.693. The van der Waals surface area contributed by atoms with Gasteiger partial charge < -0.3 is 9.64 Å². The van der Waals surface area contributed by atoms with Crippen molar-refractivity contribution in [1.82, 2.24) is 4.90 Å². The predicted molar refractivity (Wildman–Crippen MR) is 113 cm³/mol. The first-order valence-corrected chi connectivity index (χ1v) is 10.6. The van der Waals surface area contributed by atoms with Crippen LogP contribution >= 0.6 is 11.3 Å². The van der Waals surface area contributed by atoms with E-state index in [2.05, 4.69) is 40.3 Å². The molecule has 1 aliphatic heterocycles. The molecular formula is C22H30N2O2S. The van der Waals surface area contributed by atoms with Crippen molar-refractivity contribution in [3.05, 3.63) is 52.2 Å². The Bertz CT molecular complexity index is 738. The molecule has 1 unspecified atom stereocenters. The Balaban J connectivity index is 1.75. The molecule has 1 saturated heterocycles. The van der Waals surface area contributed by atoms with E-state index in [1.54, 1.807) is 11.3 Å². The van der Waals surface area contributed by atoms with Crippen LogP contribution in [-0.2, 0) is 22.4 Å². The fourth-order valence-electron chi connectivity index (χ4n) is 3.85. The summed E-state index contributed by atoms with van der Waals surface area (Å²) >= 11 is 1.69. The zero-order valence-corrected chi connectivity index (χ0v) is 17.4. The number of anilines is 1. The van der Waals surface area contributed by atoms with Crippen LogP contribution < -0.4 is 4.90 Å². The molecule has 1 aliphatic rings. The van der Waals surface area contributed by atoms with Gasteiger partial charge in [0.1, 0.15) is 0 Å². The van der Waals surface area contributed by atoms with Gasteiger partial charge in [-0.05, 0) is 38.6 Å². The van der Waals surface area contributed by atoms with Crippen LogP contribution in [-0.4, -0.2) is 56.6 Å². The van der Waals surface area contributed by atoms with Gasteiger partial charge in [-0.25, -0.2) is 0 Å². The molecular weight excluding hydrogens is 356 g/mol. The molecule has 1 aromatic carbocycles. The van der Waals surface area contributed by atoms with Crippen molar-refractivity contribution >= 4 is 22.8 Å². The van der Waals surface area contributed by atoms with E-state index in [1.165, 1.54) is 11.3 Å². The van der Waals surface area contributed by atoms with Crippen molar-refractivity contribution in [1.29, 1.82) is 0 Å². The summed E-state index contributed by atoms with van der Waals surface area (Å²) in [7, 11) is 4.05. The summed E-state index contributed by atoms with van der Waals surface area (Å²) in [6.07, 6.45) is 2.04. The number of carbonyl (C=O) groups excluding carboxylic acids is 1. The van der Waals surface area contributed by atoms with Gasteiger partial charge in [0.15, 0.2) is 5.78 Å². The van der Waals surface area contributed by atoms with Gasteiger partial charge in [-0.1, -0.05) is 37.3 Å². The number of ether oxygens (including phenoxy) is 1. The molecule has 0 aliphatic carbocycles. The lowest BCUT2D eigenvalue weighted by atomic mass is 9.81. The van der Waals surface area contributed by atoms with Gasteiger partial charge in [0.25, 0.3) is 0 Å². The molecule has 0 saturated carbocycles. The summed E-state index contributed by atoms with van der Waals surface area (Å²) in [5.41, 5.74) is 1.97. The fourth-order valence-corrected chi connectivity index (χ4v) is 4.74. The van der Waals surface area contributed by atoms with Crippen molar-refractivity contribution in [3.63, 3.8) is 0 Å². The van der Waals surface area contributed by atoms with Gasteiger partial charge in [-0.2, -0.15) is 0 Å². The van der Waals surface area contributed by atoms with Gasteiger partial charge in [0.05, 0.1) is 18.8 Å². The van der Waals surface area contributed by atoms with Gasteiger partial charge in [0.2, 0.25) is 0 Å². The van der Waals surface area contributed by atoms with Crippen LogP contribution in [0.5, 0.6) is 0 Å². The Labute approximate surface area is 166 Å². The molecule has 0 N–H and O–H groups in total. The summed E-state index contributed by atoms with van der Waals surface area (Å²) in [6.45, 7) is 5.53. The highest BCUT2D eigenvalue weighted by molar-refractivity contribution is 7.10. The Morgan fingerprint density at radius 1 is 1.22 bits per heavy atom. The predicted octanol–water partition coefficient (Wildman–Crippen LogP) is 3.65. The summed E-state index contributed by atoms with van der Waals surface area (Å²) in [6, 6.07) is 12.5. The SMILES string of the molecule is CCC(Cc1ccccc1)(C(=O)Cc1cc(N2CCOCC2)cs1)N(C)C. The zero-order chi connectivity index (χ0) is 19.3. The topological polar surface area (TPSA) is 32.8 Å². The first-order chi connectivity index (χ1) is 13.0. The third-order valence-electron chi connectivity index (χ3n) is 5.65. The summed E-state index contributed by atoms with van der Waals surface area (Å²) in [5, 5.41) is 2.18. The van der Waals surface area contributed by atoms with E-state index in [0.29, 0.717) is 12.2 Å². The number of nitrogens with zero attached hydrogens (tertiary/aromatic N) is 2. The summed E-state index contributed by atoms with van der Waals surface area (Å²) in [4.78, 5) is 19.0. The van der Waals surface area contributed by atoms with Crippen LogP contribution in [0.25, 0.3) is 0 Å². The number of rotatable bonds is 8. The largest absolute Gasteiger partial charge is 0.378 e. The number of likely N-dealkylation sites (N-methyl/N-ethyl adjacent to an activating group) is 1. The van der Waals surface area contributed by atoms with Crippen molar-refractivity contribution in [3.8, 4) is 0 Å². The molecule has 0 amide bonds. The molecule has 2 aromatic rings. The number of morpholine rings is 1. The van der Waals surface area contributed by atoms with Gasteiger partial charge in [-0.15, -0.1) is 11.3 Å². The molecule has 1 fully saturated rings. The average molecular weight is 387 g/mol. The Morgan fingerprint density at radius 2 is 1.93 bits per heavy atom. The van der Waals surface area contributed by atoms with Crippen LogP contribution in [0.3, 0.4) is 0 Å². The lowest BCUT2D eigenvalue weighted by Gasteiger charge is -2.38. The van der Waals surface area contributed by atoms with Gasteiger partial charge in [-0.3, -0.25) is 9.69 Å². The number of hydrogen-bond donors (Lipinski definition) is 0. The minimum Gasteiger partial charge on any atom is -0.378 e. The maximum absolute atomic E-state index is 13.4. The van der Waals surface area contributed by atoms with E-state index in [-0.39, 0.29) is 0 Å².